The van der Waals surface area contributed by atoms with Crippen LogP contribution in [0.4, 0.5) is 0 Å². The smallest absolute Gasteiger partial charge is 0.146 e. The highest BCUT2D eigenvalue weighted by Crippen LogP contribution is 2.16. The molecule has 1 aliphatic rings. The van der Waals surface area contributed by atoms with Gasteiger partial charge in [0.25, 0.3) is 0 Å². The van der Waals surface area contributed by atoms with E-state index in [-0.39, 0.29) is 0 Å². The average molecular weight is 288 g/mol. The van der Waals surface area contributed by atoms with Gasteiger partial charge < -0.3 is 0 Å². The first-order valence-electron chi connectivity index (χ1n) is 8.13. The molecule has 21 heavy (non-hydrogen) atoms. The Morgan fingerprint density at radius 1 is 1.05 bits per heavy atom. The molecular weight excluding hydrogens is 260 g/mol. The zero-order valence-electron chi connectivity index (χ0n) is 13.6. The molecular formula is C18H28N2O. The molecule has 116 valence electrons. The Hall–Kier alpha value is -1.19. The summed E-state index contributed by atoms with van der Waals surface area (Å²) in [5.41, 5.74) is 2.79. The van der Waals surface area contributed by atoms with Gasteiger partial charge in [0, 0.05) is 39.1 Å². The van der Waals surface area contributed by atoms with Crippen molar-refractivity contribution in [1.29, 1.82) is 0 Å². The number of benzene rings is 1. The lowest BCUT2D eigenvalue weighted by molar-refractivity contribution is -0.120. The Labute approximate surface area is 128 Å². The summed E-state index contributed by atoms with van der Waals surface area (Å²) >= 11 is 0. The predicted octanol–water partition coefficient (Wildman–Crippen LogP) is 2.91. The minimum atomic E-state index is 0.354. The fourth-order valence-electron chi connectivity index (χ4n) is 2.73. The maximum atomic E-state index is 11.5. The van der Waals surface area contributed by atoms with Gasteiger partial charge in [0.15, 0.2) is 0 Å². The number of hydrogen-bond donors (Lipinski definition) is 0. The molecule has 0 atom stereocenters. The molecule has 0 aliphatic carbocycles. The van der Waals surface area contributed by atoms with Gasteiger partial charge in [-0.05, 0) is 17.0 Å². The van der Waals surface area contributed by atoms with Crippen LogP contribution in [0.25, 0.3) is 0 Å². The van der Waals surface area contributed by atoms with Crippen LogP contribution in [0.2, 0.25) is 0 Å². The lowest BCUT2D eigenvalue weighted by Gasteiger charge is -2.34. The van der Waals surface area contributed by atoms with E-state index in [1.54, 1.807) is 0 Å². The number of Topliss-reactive ketones (excluding diaryl/α,β-unsaturated/α-hetero) is 1. The van der Waals surface area contributed by atoms with Crippen molar-refractivity contribution in [1.82, 2.24) is 9.80 Å². The maximum absolute atomic E-state index is 11.5. The highest BCUT2D eigenvalue weighted by molar-refractivity contribution is 5.80. The van der Waals surface area contributed by atoms with Crippen LogP contribution >= 0.6 is 0 Å². The summed E-state index contributed by atoms with van der Waals surface area (Å²) in [5.74, 6) is 0.950. The quantitative estimate of drug-likeness (QED) is 0.804. The highest BCUT2D eigenvalue weighted by Gasteiger charge is 2.18. The van der Waals surface area contributed by atoms with Crippen LogP contribution in [-0.2, 0) is 11.3 Å². The number of carbonyl (C=O) groups excluding carboxylic acids is 1. The zero-order chi connectivity index (χ0) is 15.2. The number of rotatable bonds is 6. The van der Waals surface area contributed by atoms with Crippen LogP contribution in [0.5, 0.6) is 0 Å². The third-order valence-electron chi connectivity index (χ3n) is 4.31. The van der Waals surface area contributed by atoms with Crippen molar-refractivity contribution in [2.24, 2.45) is 0 Å². The summed E-state index contributed by atoms with van der Waals surface area (Å²) in [6.07, 6.45) is 0.655. The van der Waals surface area contributed by atoms with Gasteiger partial charge in [-0.25, -0.2) is 0 Å². The van der Waals surface area contributed by atoms with Crippen molar-refractivity contribution >= 4 is 5.78 Å². The molecule has 1 aliphatic heterocycles. The molecule has 1 heterocycles. The van der Waals surface area contributed by atoms with Crippen molar-refractivity contribution in [2.45, 2.75) is 39.7 Å². The molecule has 0 N–H and O–H groups in total. The van der Waals surface area contributed by atoms with Gasteiger partial charge in [0.2, 0.25) is 0 Å². The molecule has 0 aromatic heterocycles. The third kappa shape index (κ3) is 4.94. The zero-order valence-corrected chi connectivity index (χ0v) is 13.6. The predicted molar refractivity (Wildman–Crippen MR) is 87.5 cm³/mol. The van der Waals surface area contributed by atoms with Crippen LogP contribution < -0.4 is 0 Å². The molecule has 0 unspecified atom stereocenters. The lowest BCUT2D eigenvalue weighted by Crippen LogP contribution is -2.47. The molecule has 1 saturated heterocycles. The summed E-state index contributed by atoms with van der Waals surface area (Å²) in [6.45, 7) is 12.2. The van der Waals surface area contributed by atoms with Gasteiger partial charge >= 0.3 is 0 Å². The van der Waals surface area contributed by atoms with Gasteiger partial charge in [0.05, 0.1) is 6.54 Å². The lowest BCUT2D eigenvalue weighted by atomic mass is 10.0. The molecule has 0 radical (unpaired) electrons. The summed E-state index contributed by atoms with van der Waals surface area (Å²) in [6, 6.07) is 9.00. The van der Waals surface area contributed by atoms with Gasteiger partial charge in [-0.1, -0.05) is 45.0 Å². The molecule has 3 nitrogen and oxygen atoms in total. The minimum Gasteiger partial charge on any atom is -0.298 e. The first-order chi connectivity index (χ1) is 10.1. The van der Waals surface area contributed by atoms with E-state index in [1.807, 2.05) is 6.92 Å². The first kappa shape index (κ1) is 16.2. The van der Waals surface area contributed by atoms with Crippen molar-refractivity contribution in [3.8, 4) is 0 Å². The summed E-state index contributed by atoms with van der Waals surface area (Å²) in [5, 5.41) is 0. The van der Waals surface area contributed by atoms with Crippen LogP contribution in [0, 0.1) is 0 Å². The summed E-state index contributed by atoms with van der Waals surface area (Å²) in [4.78, 5) is 16.2. The number of ketones is 1. The van der Waals surface area contributed by atoms with Gasteiger partial charge in [-0.2, -0.15) is 0 Å². The standard InChI is InChI=1S/C18H28N2O/c1-4-18(21)14-20-11-9-19(10-12-20)13-16-5-7-17(8-6-16)15(2)3/h5-8,15H,4,9-14H2,1-3H3. The van der Waals surface area contributed by atoms with Crippen LogP contribution in [0.3, 0.4) is 0 Å². The molecule has 0 amide bonds. The Kier molecular flexibility index (Phi) is 5.95. The van der Waals surface area contributed by atoms with Crippen LogP contribution in [0.1, 0.15) is 44.2 Å². The van der Waals surface area contributed by atoms with E-state index in [9.17, 15) is 4.79 Å². The molecule has 0 bridgehead atoms. The van der Waals surface area contributed by atoms with E-state index in [4.69, 9.17) is 0 Å². The van der Waals surface area contributed by atoms with Crippen LogP contribution in [-0.4, -0.2) is 48.3 Å². The maximum Gasteiger partial charge on any atom is 0.146 e. The topological polar surface area (TPSA) is 23.6 Å². The van der Waals surface area contributed by atoms with E-state index in [0.29, 0.717) is 24.7 Å². The molecule has 1 fully saturated rings. The Balaban J connectivity index is 1.79. The van der Waals surface area contributed by atoms with Crippen molar-refractivity contribution in [3.05, 3.63) is 35.4 Å². The van der Waals surface area contributed by atoms with Crippen molar-refractivity contribution in [3.63, 3.8) is 0 Å². The molecule has 1 aromatic carbocycles. The molecule has 3 heteroatoms. The Bertz CT molecular complexity index is 445. The van der Waals surface area contributed by atoms with Crippen molar-refractivity contribution in [2.75, 3.05) is 32.7 Å². The van der Waals surface area contributed by atoms with Crippen molar-refractivity contribution < 1.29 is 4.79 Å². The molecule has 1 aromatic rings. The number of piperazine rings is 1. The minimum absolute atomic E-state index is 0.354. The monoisotopic (exact) mass is 288 g/mol. The van der Waals surface area contributed by atoms with Gasteiger partial charge in [-0.3, -0.25) is 14.6 Å². The third-order valence-corrected chi connectivity index (χ3v) is 4.31. The Morgan fingerprint density at radius 3 is 2.14 bits per heavy atom. The fraction of sp³-hybridized carbons (Fsp3) is 0.611. The number of nitrogens with zero attached hydrogens (tertiary/aromatic N) is 2. The van der Waals surface area contributed by atoms with E-state index >= 15 is 0 Å². The molecule has 0 spiro atoms. The van der Waals surface area contributed by atoms with E-state index in [1.165, 1.54) is 11.1 Å². The van der Waals surface area contributed by atoms with E-state index in [2.05, 4.69) is 47.9 Å². The summed E-state index contributed by atoms with van der Waals surface area (Å²) < 4.78 is 0. The molecule has 2 rings (SSSR count). The second-order valence-electron chi connectivity index (χ2n) is 6.34. The SMILES string of the molecule is CCC(=O)CN1CCN(Cc2ccc(C(C)C)cc2)CC1. The van der Waals surface area contributed by atoms with E-state index < -0.39 is 0 Å². The van der Waals surface area contributed by atoms with Gasteiger partial charge in [-0.15, -0.1) is 0 Å². The normalized spacial score (nSPS) is 17.3. The van der Waals surface area contributed by atoms with E-state index in [0.717, 1.165) is 32.7 Å². The van der Waals surface area contributed by atoms with Gasteiger partial charge in [0.1, 0.15) is 5.78 Å². The average Bonchev–Trinajstić information content (AvgIpc) is 2.49. The second kappa shape index (κ2) is 7.71. The number of hydrogen-bond acceptors (Lipinski definition) is 3. The first-order valence-corrected chi connectivity index (χ1v) is 8.13. The largest absolute Gasteiger partial charge is 0.298 e. The fourth-order valence-corrected chi connectivity index (χ4v) is 2.73. The van der Waals surface area contributed by atoms with Crippen LogP contribution in [0.15, 0.2) is 24.3 Å². The molecule has 0 saturated carbocycles. The summed E-state index contributed by atoms with van der Waals surface area (Å²) in [7, 11) is 0. The highest BCUT2D eigenvalue weighted by atomic mass is 16.1. The second-order valence-corrected chi connectivity index (χ2v) is 6.34. The Morgan fingerprint density at radius 2 is 1.62 bits per heavy atom. The number of carbonyl (C=O) groups is 1.